The maximum atomic E-state index is 11.7. The second-order valence-electron chi connectivity index (χ2n) is 4.62. The van der Waals surface area contributed by atoms with Crippen molar-refractivity contribution in [1.82, 2.24) is 0 Å². The van der Waals surface area contributed by atoms with Crippen LogP contribution in [0.15, 0.2) is 0 Å². The Kier molecular flexibility index (Phi) is 12.7. The standard InChI is InChI=1S/C12H20O7.C3H6O/c1-4-17-9(13)7-12(16,11(15)19-6-3)8-10(14)18-5-2;1-3(2)4/h16H,4-8H2,1-3H3;1-2H3. The summed E-state index contributed by atoms with van der Waals surface area (Å²) in [5.74, 6) is -2.46. The van der Waals surface area contributed by atoms with E-state index in [9.17, 15) is 24.3 Å². The number of hydrogen-bond donors (Lipinski definition) is 1. The molecule has 8 heteroatoms. The minimum atomic E-state index is -2.26. The molecule has 0 aromatic carbocycles. The molecule has 0 heterocycles. The van der Waals surface area contributed by atoms with Crippen LogP contribution in [-0.4, -0.2) is 54.2 Å². The van der Waals surface area contributed by atoms with Crippen LogP contribution in [0.1, 0.15) is 47.5 Å². The monoisotopic (exact) mass is 334 g/mol. The Morgan fingerprint density at radius 3 is 1.35 bits per heavy atom. The van der Waals surface area contributed by atoms with Gasteiger partial charge in [-0.3, -0.25) is 9.59 Å². The molecule has 134 valence electrons. The van der Waals surface area contributed by atoms with Gasteiger partial charge in [0.15, 0.2) is 5.60 Å². The second kappa shape index (κ2) is 12.6. The van der Waals surface area contributed by atoms with Crippen molar-refractivity contribution in [2.24, 2.45) is 0 Å². The molecule has 0 saturated carbocycles. The first kappa shape index (κ1) is 23.3. The minimum absolute atomic E-state index is 0.0206. The predicted molar refractivity (Wildman–Crippen MR) is 80.4 cm³/mol. The highest BCUT2D eigenvalue weighted by Crippen LogP contribution is 2.19. The number of carbonyl (C=O) groups is 4. The molecule has 0 saturated heterocycles. The average Bonchev–Trinajstić information content (AvgIpc) is 2.38. The maximum Gasteiger partial charge on any atom is 0.339 e. The Morgan fingerprint density at radius 1 is 0.783 bits per heavy atom. The third-order valence-corrected chi connectivity index (χ3v) is 2.14. The first-order chi connectivity index (χ1) is 10.6. The van der Waals surface area contributed by atoms with Crippen LogP contribution in [0.4, 0.5) is 0 Å². The van der Waals surface area contributed by atoms with E-state index in [0.29, 0.717) is 0 Å². The van der Waals surface area contributed by atoms with Crippen molar-refractivity contribution in [3.8, 4) is 0 Å². The second-order valence-corrected chi connectivity index (χ2v) is 4.62. The van der Waals surface area contributed by atoms with E-state index >= 15 is 0 Å². The largest absolute Gasteiger partial charge is 0.466 e. The molecule has 0 aromatic heterocycles. The van der Waals surface area contributed by atoms with Crippen LogP contribution < -0.4 is 0 Å². The third-order valence-electron chi connectivity index (χ3n) is 2.14. The normalized spacial score (nSPS) is 10.0. The van der Waals surface area contributed by atoms with E-state index in [1.807, 2.05) is 0 Å². The molecule has 0 spiro atoms. The lowest BCUT2D eigenvalue weighted by Crippen LogP contribution is -2.44. The molecule has 0 aliphatic carbocycles. The van der Waals surface area contributed by atoms with Crippen molar-refractivity contribution >= 4 is 23.7 Å². The van der Waals surface area contributed by atoms with Gasteiger partial charge in [-0.05, 0) is 34.6 Å². The Bertz CT molecular complexity index is 378. The number of Topliss-reactive ketones (excluding diaryl/α,β-unsaturated/α-hetero) is 1. The predicted octanol–water partition coefficient (Wildman–Crippen LogP) is 0.782. The van der Waals surface area contributed by atoms with E-state index in [1.54, 1.807) is 20.8 Å². The molecule has 0 bridgehead atoms. The SMILES string of the molecule is CC(C)=O.CCOC(=O)CC(O)(CC(=O)OCC)C(=O)OCC. The van der Waals surface area contributed by atoms with Crippen LogP contribution in [0, 0.1) is 0 Å². The summed E-state index contributed by atoms with van der Waals surface area (Å²) in [6.45, 7) is 8.02. The first-order valence-electron chi connectivity index (χ1n) is 7.30. The van der Waals surface area contributed by atoms with Gasteiger partial charge in [0.05, 0.1) is 32.7 Å². The fraction of sp³-hybridized carbons (Fsp3) is 0.733. The Labute approximate surface area is 136 Å². The molecule has 0 unspecified atom stereocenters. The van der Waals surface area contributed by atoms with Crippen LogP contribution in [0.25, 0.3) is 0 Å². The number of hydrogen-bond acceptors (Lipinski definition) is 8. The number of ketones is 1. The summed E-state index contributed by atoms with van der Waals surface area (Å²) >= 11 is 0. The fourth-order valence-corrected chi connectivity index (χ4v) is 1.37. The molecule has 0 aromatic rings. The molecule has 0 fully saturated rings. The highest BCUT2D eigenvalue weighted by Gasteiger charge is 2.43. The molecule has 0 amide bonds. The summed E-state index contributed by atoms with van der Waals surface area (Å²) in [6.07, 6.45) is -1.31. The number of rotatable bonds is 8. The third kappa shape index (κ3) is 12.3. The van der Waals surface area contributed by atoms with E-state index in [0.717, 1.165) is 0 Å². The molecule has 8 nitrogen and oxygen atoms in total. The van der Waals surface area contributed by atoms with E-state index in [2.05, 4.69) is 14.2 Å². The van der Waals surface area contributed by atoms with Crippen LogP contribution in [0.3, 0.4) is 0 Å². The van der Waals surface area contributed by atoms with Gasteiger partial charge in [0.25, 0.3) is 0 Å². The van der Waals surface area contributed by atoms with Crippen LogP contribution in [0.2, 0.25) is 0 Å². The molecule has 0 rings (SSSR count). The average molecular weight is 334 g/mol. The minimum Gasteiger partial charge on any atom is -0.466 e. The van der Waals surface area contributed by atoms with Crippen molar-refractivity contribution in [1.29, 1.82) is 0 Å². The molecule has 0 atom stereocenters. The van der Waals surface area contributed by atoms with Gasteiger partial charge in [0.1, 0.15) is 5.78 Å². The van der Waals surface area contributed by atoms with E-state index in [1.165, 1.54) is 13.8 Å². The van der Waals surface area contributed by atoms with Gasteiger partial charge in [0, 0.05) is 0 Å². The first-order valence-corrected chi connectivity index (χ1v) is 7.30. The number of carbonyl (C=O) groups excluding carboxylic acids is 4. The lowest BCUT2D eigenvalue weighted by atomic mass is 9.95. The van der Waals surface area contributed by atoms with Crippen LogP contribution in [0.5, 0.6) is 0 Å². The van der Waals surface area contributed by atoms with E-state index in [-0.39, 0.29) is 25.6 Å². The lowest BCUT2D eigenvalue weighted by molar-refractivity contribution is -0.177. The summed E-state index contributed by atoms with van der Waals surface area (Å²) in [5.41, 5.74) is -2.26. The van der Waals surface area contributed by atoms with Gasteiger partial charge in [-0.1, -0.05) is 0 Å². The van der Waals surface area contributed by atoms with E-state index in [4.69, 9.17) is 0 Å². The molecular weight excluding hydrogens is 308 g/mol. The van der Waals surface area contributed by atoms with Crippen molar-refractivity contribution in [3.63, 3.8) is 0 Å². The molecule has 0 aliphatic heterocycles. The summed E-state index contributed by atoms with van der Waals surface area (Å²) in [4.78, 5) is 43.8. The fourth-order valence-electron chi connectivity index (χ4n) is 1.37. The molecular formula is C15H26O8. The van der Waals surface area contributed by atoms with Gasteiger partial charge in [-0.2, -0.15) is 0 Å². The summed E-state index contributed by atoms with van der Waals surface area (Å²) in [7, 11) is 0. The topological polar surface area (TPSA) is 116 Å². The van der Waals surface area contributed by atoms with Crippen molar-refractivity contribution in [2.75, 3.05) is 19.8 Å². The number of esters is 3. The van der Waals surface area contributed by atoms with Crippen molar-refractivity contribution < 1.29 is 38.5 Å². The van der Waals surface area contributed by atoms with Gasteiger partial charge >= 0.3 is 17.9 Å². The smallest absolute Gasteiger partial charge is 0.339 e. The highest BCUT2D eigenvalue weighted by molar-refractivity contribution is 5.90. The molecule has 0 radical (unpaired) electrons. The summed E-state index contributed by atoms with van der Waals surface area (Å²) in [5, 5.41) is 10.1. The van der Waals surface area contributed by atoms with Crippen LogP contribution >= 0.6 is 0 Å². The Hall–Kier alpha value is -1.96. The number of ether oxygens (including phenoxy) is 3. The number of aliphatic hydroxyl groups is 1. The summed E-state index contributed by atoms with van der Waals surface area (Å²) < 4.78 is 14.0. The zero-order chi connectivity index (χ0) is 18.5. The molecule has 1 N–H and O–H groups in total. The van der Waals surface area contributed by atoms with Gasteiger partial charge in [0.2, 0.25) is 0 Å². The maximum absolute atomic E-state index is 11.7. The lowest BCUT2D eigenvalue weighted by Gasteiger charge is -2.23. The quantitative estimate of drug-likeness (QED) is 0.511. The van der Waals surface area contributed by atoms with Crippen molar-refractivity contribution in [2.45, 2.75) is 53.1 Å². The molecule has 0 aliphatic rings. The highest BCUT2D eigenvalue weighted by atomic mass is 16.6. The Balaban J connectivity index is 0. The summed E-state index contributed by atoms with van der Waals surface area (Å²) in [6, 6.07) is 0. The van der Waals surface area contributed by atoms with E-state index < -0.39 is 36.4 Å². The zero-order valence-electron chi connectivity index (χ0n) is 14.3. The van der Waals surface area contributed by atoms with Gasteiger partial charge in [-0.25, -0.2) is 4.79 Å². The molecule has 23 heavy (non-hydrogen) atoms. The van der Waals surface area contributed by atoms with Gasteiger partial charge in [-0.15, -0.1) is 0 Å². The van der Waals surface area contributed by atoms with Gasteiger partial charge < -0.3 is 24.1 Å². The van der Waals surface area contributed by atoms with Crippen molar-refractivity contribution in [3.05, 3.63) is 0 Å². The van der Waals surface area contributed by atoms with Crippen LogP contribution in [-0.2, 0) is 33.4 Å². The zero-order valence-corrected chi connectivity index (χ0v) is 14.3. The Morgan fingerprint density at radius 2 is 1.09 bits per heavy atom.